The second-order valence-corrected chi connectivity index (χ2v) is 8.10. The van der Waals surface area contributed by atoms with Crippen molar-refractivity contribution in [2.45, 2.75) is 65.2 Å². The lowest BCUT2D eigenvalue weighted by atomic mass is 10.0. The molecule has 160 valence electrons. The number of amides is 1. The molecule has 0 saturated heterocycles. The number of nitrogens with one attached hydrogen (secondary N) is 2. The van der Waals surface area contributed by atoms with Crippen molar-refractivity contribution in [1.29, 1.82) is 0 Å². The van der Waals surface area contributed by atoms with Gasteiger partial charge in [-0.1, -0.05) is 0 Å². The number of carbonyl (C=O) groups is 1. The summed E-state index contributed by atoms with van der Waals surface area (Å²) in [6, 6.07) is 3.46. The van der Waals surface area contributed by atoms with Crippen molar-refractivity contribution in [3.8, 4) is 0 Å². The number of aliphatic hydroxyl groups is 1. The number of furan rings is 1. The summed E-state index contributed by atoms with van der Waals surface area (Å²) in [5.41, 5.74) is -1.70. The molecule has 8 nitrogen and oxygen atoms in total. The Morgan fingerprint density at radius 2 is 2.04 bits per heavy atom. The summed E-state index contributed by atoms with van der Waals surface area (Å²) in [5, 5.41) is 16.9. The fraction of sp³-hybridized carbons (Fsp3) is 0.700. The molecule has 0 fully saturated rings. The number of aliphatic imine (C=N–C) groups is 1. The second kappa shape index (κ2) is 10.4. The minimum Gasteiger partial charge on any atom is -0.466 e. The smallest absolute Gasteiger partial charge is 0.410 e. The van der Waals surface area contributed by atoms with Crippen LogP contribution in [0.2, 0.25) is 0 Å². The van der Waals surface area contributed by atoms with Gasteiger partial charge in [0.2, 0.25) is 0 Å². The van der Waals surface area contributed by atoms with Crippen molar-refractivity contribution in [2.24, 2.45) is 4.99 Å². The summed E-state index contributed by atoms with van der Waals surface area (Å²) < 4.78 is 10.7. The van der Waals surface area contributed by atoms with Crippen LogP contribution in [-0.2, 0) is 10.3 Å². The van der Waals surface area contributed by atoms with E-state index in [1.54, 1.807) is 31.0 Å². The van der Waals surface area contributed by atoms with E-state index in [4.69, 9.17) is 9.15 Å². The van der Waals surface area contributed by atoms with E-state index in [1.807, 2.05) is 34.6 Å². The van der Waals surface area contributed by atoms with Crippen LogP contribution in [0.4, 0.5) is 4.79 Å². The summed E-state index contributed by atoms with van der Waals surface area (Å²) in [6.07, 6.45) is 1.91. The van der Waals surface area contributed by atoms with E-state index in [0.717, 1.165) is 0 Å². The van der Waals surface area contributed by atoms with Crippen LogP contribution in [0.25, 0.3) is 0 Å². The Morgan fingerprint density at radius 1 is 1.36 bits per heavy atom. The van der Waals surface area contributed by atoms with Crippen LogP contribution in [0.1, 0.15) is 53.7 Å². The fourth-order valence-corrected chi connectivity index (χ4v) is 2.34. The summed E-state index contributed by atoms with van der Waals surface area (Å²) in [6.45, 7) is 12.6. The number of hydrogen-bond donors (Lipinski definition) is 3. The topological polar surface area (TPSA) is 99.3 Å². The number of ether oxygens (including phenoxy) is 1. The molecule has 0 aromatic carbocycles. The maximum absolute atomic E-state index is 12.1. The number of rotatable bonds is 8. The van der Waals surface area contributed by atoms with Crippen molar-refractivity contribution in [3.63, 3.8) is 0 Å². The van der Waals surface area contributed by atoms with Gasteiger partial charge in [-0.05, 0) is 60.1 Å². The molecule has 8 heteroatoms. The van der Waals surface area contributed by atoms with E-state index in [9.17, 15) is 9.90 Å². The van der Waals surface area contributed by atoms with E-state index in [0.29, 0.717) is 31.2 Å². The predicted molar refractivity (Wildman–Crippen MR) is 110 cm³/mol. The lowest BCUT2D eigenvalue weighted by Crippen LogP contribution is -2.43. The Labute approximate surface area is 168 Å². The highest BCUT2D eigenvalue weighted by atomic mass is 16.6. The molecule has 0 aliphatic heterocycles. The lowest BCUT2D eigenvalue weighted by molar-refractivity contribution is 0.0230. The van der Waals surface area contributed by atoms with Crippen LogP contribution in [0.3, 0.4) is 0 Å². The molecular weight excluding hydrogens is 360 g/mol. The third-order valence-corrected chi connectivity index (χ3v) is 4.14. The monoisotopic (exact) mass is 396 g/mol. The van der Waals surface area contributed by atoms with Crippen LogP contribution < -0.4 is 10.6 Å². The number of nitrogens with zero attached hydrogens (tertiary/aromatic N) is 2. The zero-order chi connectivity index (χ0) is 21.4. The van der Waals surface area contributed by atoms with Crippen molar-refractivity contribution in [3.05, 3.63) is 24.2 Å². The Balaban J connectivity index is 2.55. The van der Waals surface area contributed by atoms with Crippen LogP contribution in [-0.4, -0.2) is 60.4 Å². The SMILES string of the molecule is CCNC(=NCC(C)(O)c1ccco1)NCCC(C)N(C)C(=O)OC(C)(C)C. The van der Waals surface area contributed by atoms with Gasteiger partial charge in [0, 0.05) is 26.2 Å². The highest BCUT2D eigenvalue weighted by Crippen LogP contribution is 2.21. The van der Waals surface area contributed by atoms with Gasteiger partial charge in [-0.25, -0.2) is 9.79 Å². The maximum atomic E-state index is 12.1. The first-order valence-corrected chi connectivity index (χ1v) is 9.70. The number of hydrogen-bond acceptors (Lipinski definition) is 5. The van der Waals surface area contributed by atoms with E-state index in [-0.39, 0.29) is 18.7 Å². The minimum atomic E-state index is -1.18. The maximum Gasteiger partial charge on any atom is 0.410 e. The third kappa shape index (κ3) is 8.21. The third-order valence-electron chi connectivity index (χ3n) is 4.14. The largest absolute Gasteiger partial charge is 0.466 e. The van der Waals surface area contributed by atoms with Gasteiger partial charge in [-0.3, -0.25) is 0 Å². The first-order chi connectivity index (χ1) is 13.0. The van der Waals surface area contributed by atoms with Gasteiger partial charge >= 0.3 is 6.09 Å². The van der Waals surface area contributed by atoms with Crippen LogP contribution in [0.5, 0.6) is 0 Å². The molecule has 1 aromatic heterocycles. The van der Waals surface area contributed by atoms with Gasteiger partial charge in [-0.2, -0.15) is 0 Å². The van der Waals surface area contributed by atoms with Gasteiger partial charge < -0.3 is 29.8 Å². The molecule has 1 aromatic rings. The van der Waals surface area contributed by atoms with Gasteiger partial charge in [0.15, 0.2) is 5.96 Å². The molecule has 0 aliphatic carbocycles. The zero-order valence-corrected chi connectivity index (χ0v) is 18.2. The molecule has 1 heterocycles. The Kier molecular flexibility index (Phi) is 8.81. The fourth-order valence-electron chi connectivity index (χ4n) is 2.34. The first-order valence-electron chi connectivity index (χ1n) is 9.70. The summed E-state index contributed by atoms with van der Waals surface area (Å²) in [4.78, 5) is 18.2. The van der Waals surface area contributed by atoms with E-state index in [1.165, 1.54) is 6.26 Å². The van der Waals surface area contributed by atoms with Gasteiger partial charge in [0.25, 0.3) is 0 Å². The second-order valence-electron chi connectivity index (χ2n) is 8.10. The Bertz CT molecular complexity index is 621. The average molecular weight is 397 g/mol. The molecule has 0 saturated carbocycles. The quantitative estimate of drug-likeness (QED) is 0.461. The first kappa shape index (κ1) is 23.8. The standard InChI is InChI=1S/C20H36N4O4/c1-8-21-17(23-14-20(6,26)16-10-9-13-27-16)22-12-11-15(2)24(7)18(25)28-19(3,4)5/h9-10,13,15,26H,8,11-12,14H2,1-7H3,(H2,21,22,23). The molecule has 1 amide bonds. The van der Waals surface area contributed by atoms with E-state index >= 15 is 0 Å². The van der Waals surface area contributed by atoms with Gasteiger partial charge in [0.1, 0.15) is 17.0 Å². The highest BCUT2D eigenvalue weighted by molar-refractivity contribution is 5.79. The summed E-state index contributed by atoms with van der Waals surface area (Å²) in [7, 11) is 1.73. The van der Waals surface area contributed by atoms with Gasteiger partial charge in [-0.15, -0.1) is 0 Å². The van der Waals surface area contributed by atoms with Crippen molar-refractivity contribution < 1.29 is 19.1 Å². The molecular formula is C20H36N4O4. The number of guanidine groups is 1. The van der Waals surface area contributed by atoms with E-state index in [2.05, 4.69) is 15.6 Å². The normalized spacial score (nSPS) is 15.5. The molecule has 2 atom stereocenters. The molecule has 0 bridgehead atoms. The predicted octanol–water partition coefficient (Wildman–Crippen LogP) is 2.69. The van der Waals surface area contributed by atoms with Crippen molar-refractivity contribution in [1.82, 2.24) is 15.5 Å². The Morgan fingerprint density at radius 3 is 2.57 bits per heavy atom. The average Bonchev–Trinajstić information content (AvgIpc) is 3.13. The Hall–Kier alpha value is -2.22. The van der Waals surface area contributed by atoms with Gasteiger partial charge in [0.05, 0.1) is 12.8 Å². The molecule has 0 aliphatic rings. The van der Waals surface area contributed by atoms with E-state index < -0.39 is 11.2 Å². The molecule has 0 spiro atoms. The van der Waals surface area contributed by atoms with Crippen molar-refractivity contribution in [2.75, 3.05) is 26.7 Å². The molecule has 2 unspecified atom stereocenters. The number of carbonyl (C=O) groups excluding carboxylic acids is 1. The molecule has 3 N–H and O–H groups in total. The highest BCUT2D eigenvalue weighted by Gasteiger charge is 2.26. The van der Waals surface area contributed by atoms with Crippen LogP contribution >= 0.6 is 0 Å². The van der Waals surface area contributed by atoms with Crippen LogP contribution in [0.15, 0.2) is 27.8 Å². The van der Waals surface area contributed by atoms with Crippen molar-refractivity contribution >= 4 is 12.1 Å². The summed E-state index contributed by atoms with van der Waals surface area (Å²) >= 11 is 0. The summed E-state index contributed by atoms with van der Waals surface area (Å²) in [5.74, 6) is 1.07. The molecule has 28 heavy (non-hydrogen) atoms. The molecule has 0 radical (unpaired) electrons. The lowest BCUT2D eigenvalue weighted by Gasteiger charge is -2.29. The molecule has 1 rings (SSSR count). The van der Waals surface area contributed by atoms with Crippen LogP contribution in [0, 0.1) is 0 Å². The minimum absolute atomic E-state index is 0.00328. The zero-order valence-electron chi connectivity index (χ0n) is 18.2.